The summed E-state index contributed by atoms with van der Waals surface area (Å²) in [4.78, 5) is 0.401. The van der Waals surface area contributed by atoms with E-state index in [-0.39, 0.29) is 0 Å². The highest BCUT2D eigenvalue weighted by molar-refractivity contribution is 7.89. The molecule has 0 bridgehead atoms. The number of unbranched alkanes of at least 4 members (excludes halogenated alkanes) is 3. The lowest BCUT2D eigenvalue weighted by atomic mass is 10.2. The molecular formula is C14H23NO2S. The Morgan fingerprint density at radius 1 is 1.11 bits per heavy atom. The van der Waals surface area contributed by atoms with Gasteiger partial charge in [0.05, 0.1) is 4.90 Å². The number of aryl methyl sites for hydroxylation is 2. The molecule has 0 radical (unpaired) electrons. The molecule has 0 unspecified atom stereocenters. The van der Waals surface area contributed by atoms with E-state index in [1.807, 2.05) is 26.0 Å². The third kappa shape index (κ3) is 4.42. The number of hydrogen-bond donors (Lipinski definition) is 1. The Kier molecular flexibility index (Phi) is 5.82. The van der Waals surface area contributed by atoms with Crippen LogP contribution in [0.15, 0.2) is 23.1 Å². The van der Waals surface area contributed by atoms with E-state index in [4.69, 9.17) is 0 Å². The van der Waals surface area contributed by atoms with Gasteiger partial charge in [0.2, 0.25) is 10.0 Å². The van der Waals surface area contributed by atoms with Gasteiger partial charge in [-0.3, -0.25) is 0 Å². The fourth-order valence-corrected chi connectivity index (χ4v) is 3.23. The van der Waals surface area contributed by atoms with Crippen LogP contribution in [-0.4, -0.2) is 15.0 Å². The van der Waals surface area contributed by atoms with E-state index in [1.54, 1.807) is 6.07 Å². The van der Waals surface area contributed by atoms with Crippen LogP contribution >= 0.6 is 0 Å². The van der Waals surface area contributed by atoms with Crippen LogP contribution in [0.25, 0.3) is 0 Å². The Morgan fingerprint density at radius 3 is 2.50 bits per heavy atom. The molecule has 0 amide bonds. The lowest BCUT2D eigenvalue weighted by Gasteiger charge is -2.10. The van der Waals surface area contributed by atoms with Crippen molar-refractivity contribution in [2.45, 2.75) is 51.3 Å². The Balaban J connectivity index is 2.66. The highest BCUT2D eigenvalue weighted by atomic mass is 32.2. The predicted octanol–water partition coefficient (Wildman–Crippen LogP) is 3.16. The van der Waals surface area contributed by atoms with Gasteiger partial charge >= 0.3 is 0 Å². The molecule has 0 heterocycles. The second-order valence-corrected chi connectivity index (χ2v) is 6.46. The third-order valence-corrected chi connectivity index (χ3v) is 4.56. The number of hydrogen-bond acceptors (Lipinski definition) is 2. The van der Waals surface area contributed by atoms with E-state index in [9.17, 15) is 8.42 Å². The molecule has 0 aliphatic carbocycles. The minimum absolute atomic E-state index is 0.401. The monoisotopic (exact) mass is 269 g/mol. The molecule has 0 aromatic heterocycles. The van der Waals surface area contributed by atoms with Gasteiger partial charge in [-0.05, 0) is 37.5 Å². The van der Waals surface area contributed by atoms with Gasteiger partial charge in [0, 0.05) is 6.54 Å². The summed E-state index contributed by atoms with van der Waals surface area (Å²) in [5.74, 6) is 0. The molecule has 0 fully saturated rings. The zero-order valence-corrected chi connectivity index (χ0v) is 12.3. The van der Waals surface area contributed by atoms with Crippen molar-refractivity contribution < 1.29 is 8.42 Å². The van der Waals surface area contributed by atoms with E-state index in [0.717, 1.165) is 36.8 Å². The molecule has 0 saturated heterocycles. The first-order valence-corrected chi connectivity index (χ1v) is 8.02. The fraction of sp³-hybridized carbons (Fsp3) is 0.571. The van der Waals surface area contributed by atoms with Crippen molar-refractivity contribution in [3.63, 3.8) is 0 Å². The summed E-state index contributed by atoms with van der Waals surface area (Å²) in [7, 11) is -3.35. The van der Waals surface area contributed by atoms with Gasteiger partial charge in [-0.15, -0.1) is 0 Å². The van der Waals surface area contributed by atoms with Crippen molar-refractivity contribution in [2.75, 3.05) is 6.54 Å². The fourth-order valence-electron chi connectivity index (χ4n) is 1.83. The van der Waals surface area contributed by atoms with E-state index in [0.29, 0.717) is 11.4 Å². The van der Waals surface area contributed by atoms with Gasteiger partial charge in [0.1, 0.15) is 0 Å². The van der Waals surface area contributed by atoms with Gasteiger partial charge < -0.3 is 0 Å². The summed E-state index contributed by atoms with van der Waals surface area (Å²) in [6.07, 6.45) is 4.29. The van der Waals surface area contributed by atoms with Crippen LogP contribution < -0.4 is 4.72 Å². The van der Waals surface area contributed by atoms with Crippen molar-refractivity contribution in [1.29, 1.82) is 0 Å². The molecule has 0 saturated carbocycles. The van der Waals surface area contributed by atoms with Crippen molar-refractivity contribution in [1.82, 2.24) is 4.72 Å². The van der Waals surface area contributed by atoms with Crippen LogP contribution in [0, 0.1) is 13.8 Å². The molecule has 0 aliphatic heterocycles. The first-order chi connectivity index (χ1) is 8.47. The predicted molar refractivity (Wildman–Crippen MR) is 75.2 cm³/mol. The second-order valence-electron chi connectivity index (χ2n) is 4.73. The van der Waals surface area contributed by atoms with E-state index >= 15 is 0 Å². The van der Waals surface area contributed by atoms with E-state index in [1.165, 1.54) is 0 Å². The molecular weight excluding hydrogens is 246 g/mol. The summed E-state index contributed by atoms with van der Waals surface area (Å²) in [5.41, 5.74) is 1.76. The highest BCUT2D eigenvalue weighted by Gasteiger charge is 2.15. The Morgan fingerprint density at radius 2 is 1.83 bits per heavy atom. The Labute approximate surface area is 111 Å². The molecule has 102 valence electrons. The van der Waals surface area contributed by atoms with Crippen LogP contribution in [-0.2, 0) is 10.0 Å². The van der Waals surface area contributed by atoms with Crippen molar-refractivity contribution >= 4 is 10.0 Å². The van der Waals surface area contributed by atoms with Gasteiger partial charge in [-0.1, -0.05) is 38.3 Å². The van der Waals surface area contributed by atoms with Gasteiger partial charge in [-0.25, -0.2) is 13.1 Å². The molecule has 4 heteroatoms. The number of benzene rings is 1. The lowest BCUT2D eigenvalue weighted by Crippen LogP contribution is -2.25. The highest BCUT2D eigenvalue weighted by Crippen LogP contribution is 2.16. The maximum Gasteiger partial charge on any atom is 0.240 e. The van der Waals surface area contributed by atoms with Crippen LogP contribution in [0.1, 0.15) is 43.7 Å². The van der Waals surface area contributed by atoms with Crippen molar-refractivity contribution in [2.24, 2.45) is 0 Å². The first kappa shape index (κ1) is 15.2. The van der Waals surface area contributed by atoms with Crippen molar-refractivity contribution in [3.8, 4) is 0 Å². The summed E-state index contributed by atoms with van der Waals surface area (Å²) >= 11 is 0. The maximum absolute atomic E-state index is 12.1. The van der Waals surface area contributed by atoms with Crippen molar-refractivity contribution in [3.05, 3.63) is 29.3 Å². The van der Waals surface area contributed by atoms with E-state index in [2.05, 4.69) is 11.6 Å². The average molecular weight is 269 g/mol. The maximum atomic E-state index is 12.1. The zero-order chi connectivity index (χ0) is 13.6. The minimum atomic E-state index is -3.35. The first-order valence-electron chi connectivity index (χ1n) is 6.54. The summed E-state index contributed by atoms with van der Waals surface area (Å²) in [6, 6.07) is 5.50. The molecule has 3 nitrogen and oxygen atoms in total. The normalized spacial score (nSPS) is 11.7. The van der Waals surface area contributed by atoms with Gasteiger partial charge in [0.15, 0.2) is 0 Å². The van der Waals surface area contributed by atoms with Crippen LogP contribution in [0.5, 0.6) is 0 Å². The molecule has 0 atom stereocenters. The zero-order valence-electron chi connectivity index (χ0n) is 11.5. The van der Waals surface area contributed by atoms with E-state index < -0.39 is 10.0 Å². The number of rotatable bonds is 7. The Hall–Kier alpha value is -0.870. The number of nitrogens with one attached hydrogen (secondary N) is 1. The second kappa shape index (κ2) is 6.90. The van der Waals surface area contributed by atoms with Gasteiger partial charge in [-0.2, -0.15) is 0 Å². The average Bonchev–Trinajstić information content (AvgIpc) is 2.32. The molecule has 0 aliphatic rings. The molecule has 1 N–H and O–H groups in total. The Bertz CT molecular complexity index is 481. The smallest absolute Gasteiger partial charge is 0.211 e. The van der Waals surface area contributed by atoms with Crippen LogP contribution in [0.4, 0.5) is 0 Å². The molecule has 1 aromatic carbocycles. The standard InChI is InChI=1S/C14H23NO2S/c1-4-5-6-7-10-15-18(16,17)14-11-12(2)8-9-13(14)3/h8-9,11,15H,4-7,10H2,1-3H3. The van der Waals surface area contributed by atoms with Gasteiger partial charge in [0.25, 0.3) is 0 Å². The molecule has 1 rings (SSSR count). The SMILES string of the molecule is CCCCCCNS(=O)(=O)c1cc(C)ccc1C. The molecule has 1 aromatic rings. The summed E-state index contributed by atoms with van der Waals surface area (Å²) in [5, 5.41) is 0. The molecule has 0 spiro atoms. The summed E-state index contributed by atoms with van der Waals surface area (Å²) in [6.45, 7) is 6.39. The largest absolute Gasteiger partial charge is 0.240 e. The minimum Gasteiger partial charge on any atom is -0.211 e. The van der Waals surface area contributed by atoms with Crippen LogP contribution in [0.2, 0.25) is 0 Å². The van der Waals surface area contributed by atoms with Crippen LogP contribution in [0.3, 0.4) is 0 Å². The number of sulfonamides is 1. The summed E-state index contributed by atoms with van der Waals surface area (Å²) < 4.78 is 26.9. The quantitative estimate of drug-likeness (QED) is 0.773. The topological polar surface area (TPSA) is 46.2 Å². The lowest BCUT2D eigenvalue weighted by molar-refractivity contribution is 0.573. The third-order valence-electron chi connectivity index (χ3n) is 2.96. The molecule has 18 heavy (non-hydrogen) atoms.